The number of halogens is 3. The summed E-state index contributed by atoms with van der Waals surface area (Å²) in [5.41, 5.74) is 1.14. The smallest absolute Gasteiger partial charge is 0.179 e. The molecule has 1 N–H and O–H groups in total. The number of benzene rings is 1. The molecule has 0 aliphatic carbocycles. The molecule has 0 aromatic heterocycles. The fourth-order valence-electron chi connectivity index (χ4n) is 2.96. The predicted octanol–water partition coefficient (Wildman–Crippen LogP) is 3.95. The first-order valence-electron chi connectivity index (χ1n) is 7.58. The molecule has 1 fully saturated rings. The number of hydrogen-bond donors (Lipinski definition) is 1. The highest BCUT2D eigenvalue weighted by atomic mass is 35.5. The summed E-state index contributed by atoms with van der Waals surface area (Å²) in [6.07, 6.45) is 2.22. The van der Waals surface area contributed by atoms with Crippen LogP contribution in [0.25, 0.3) is 0 Å². The second-order valence-electron chi connectivity index (χ2n) is 5.29. The molecule has 1 aromatic carbocycles. The molecule has 0 saturated carbocycles. The second kappa shape index (κ2) is 11.2. The second-order valence-corrected chi connectivity index (χ2v) is 5.67. The highest BCUT2D eigenvalue weighted by molar-refractivity contribution is 6.33. The molecule has 1 atom stereocenters. The van der Waals surface area contributed by atoms with Gasteiger partial charge in [-0.3, -0.25) is 4.90 Å². The molecule has 1 saturated heterocycles. The lowest BCUT2D eigenvalue weighted by Crippen LogP contribution is -2.45. The van der Waals surface area contributed by atoms with Crippen LogP contribution in [0.1, 0.15) is 31.4 Å². The first-order valence-corrected chi connectivity index (χ1v) is 7.95. The van der Waals surface area contributed by atoms with Crippen molar-refractivity contribution >= 4 is 36.4 Å². The van der Waals surface area contributed by atoms with Crippen LogP contribution in [0.15, 0.2) is 12.1 Å². The number of rotatable bonds is 6. The van der Waals surface area contributed by atoms with Gasteiger partial charge in [0.1, 0.15) is 0 Å². The fourth-order valence-corrected chi connectivity index (χ4v) is 3.32. The number of methoxy groups -OCH3 is 2. The van der Waals surface area contributed by atoms with Crippen LogP contribution < -0.4 is 14.8 Å². The number of ether oxygens (including phenoxy) is 2. The highest BCUT2D eigenvalue weighted by Gasteiger charge is 2.25. The Kier molecular flexibility index (Phi) is 11.0. The average molecular weight is 386 g/mol. The van der Waals surface area contributed by atoms with Gasteiger partial charge >= 0.3 is 0 Å². The predicted molar refractivity (Wildman–Crippen MR) is 101 cm³/mol. The van der Waals surface area contributed by atoms with Crippen molar-refractivity contribution in [3.63, 3.8) is 0 Å². The van der Waals surface area contributed by atoms with E-state index in [1.165, 1.54) is 0 Å². The Hall–Kier alpha value is -0.390. The average Bonchev–Trinajstić information content (AvgIpc) is 2.53. The van der Waals surface area contributed by atoms with Gasteiger partial charge in [0.2, 0.25) is 0 Å². The third-order valence-corrected chi connectivity index (χ3v) is 4.42. The van der Waals surface area contributed by atoms with Crippen molar-refractivity contribution in [3.05, 3.63) is 22.7 Å². The van der Waals surface area contributed by atoms with Gasteiger partial charge in [0, 0.05) is 32.2 Å². The molecule has 0 radical (unpaired) electrons. The zero-order chi connectivity index (χ0) is 15.2. The van der Waals surface area contributed by atoms with Crippen molar-refractivity contribution in [1.82, 2.24) is 10.2 Å². The van der Waals surface area contributed by atoms with Crippen LogP contribution in [0.4, 0.5) is 0 Å². The molecule has 1 aliphatic rings. The van der Waals surface area contributed by atoms with E-state index in [1.807, 2.05) is 6.07 Å². The lowest BCUT2D eigenvalue weighted by atomic mass is 9.99. The van der Waals surface area contributed by atoms with Crippen molar-refractivity contribution in [1.29, 1.82) is 0 Å². The van der Waals surface area contributed by atoms with Gasteiger partial charge < -0.3 is 14.8 Å². The Morgan fingerprint density at radius 2 is 1.83 bits per heavy atom. The maximum absolute atomic E-state index is 6.60. The van der Waals surface area contributed by atoms with Crippen molar-refractivity contribution in [2.45, 2.75) is 25.8 Å². The van der Waals surface area contributed by atoms with E-state index in [-0.39, 0.29) is 24.8 Å². The molecule has 1 aliphatic heterocycles. The molecule has 134 valence electrons. The van der Waals surface area contributed by atoms with Crippen LogP contribution in [0, 0.1) is 0 Å². The van der Waals surface area contributed by atoms with Crippen LogP contribution in [0.2, 0.25) is 5.02 Å². The Bertz CT molecular complexity index is 469. The molecule has 1 aromatic rings. The van der Waals surface area contributed by atoms with Gasteiger partial charge in [-0.15, -0.1) is 24.8 Å². The minimum absolute atomic E-state index is 0. The van der Waals surface area contributed by atoms with E-state index in [0.29, 0.717) is 22.6 Å². The minimum Gasteiger partial charge on any atom is -0.493 e. The summed E-state index contributed by atoms with van der Waals surface area (Å²) in [6, 6.07) is 4.36. The number of nitrogens with zero attached hydrogens (tertiary/aromatic N) is 1. The van der Waals surface area contributed by atoms with Gasteiger partial charge in [-0.25, -0.2) is 0 Å². The number of hydrogen-bond acceptors (Lipinski definition) is 4. The maximum Gasteiger partial charge on any atom is 0.179 e. The first-order chi connectivity index (χ1) is 10.2. The van der Waals surface area contributed by atoms with Gasteiger partial charge in [0.15, 0.2) is 11.5 Å². The Morgan fingerprint density at radius 1 is 1.17 bits per heavy atom. The minimum atomic E-state index is 0. The zero-order valence-electron chi connectivity index (χ0n) is 13.9. The van der Waals surface area contributed by atoms with E-state index in [4.69, 9.17) is 21.1 Å². The van der Waals surface area contributed by atoms with E-state index < -0.39 is 0 Å². The van der Waals surface area contributed by atoms with E-state index in [0.717, 1.165) is 44.6 Å². The molecule has 23 heavy (non-hydrogen) atoms. The van der Waals surface area contributed by atoms with Gasteiger partial charge in [-0.1, -0.05) is 31.0 Å². The zero-order valence-corrected chi connectivity index (χ0v) is 16.3. The number of piperazine rings is 1. The van der Waals surface area contributed by atoms with Gasteiger partial charge in [-0.05, 0) is 18.1 Å². The van der Waals surface area contributed by atoms with Crippen molar-refractivity contribution < 1.29 is 9.47 Å². The maximum atomic E-state index is 6.60. The summed E-state index contributed by atoms with van der Waals surface area (Å²) in [4.78, 5) is 2.51. The molecular weight excluding hydrogens is 359 g/mol. The molecule has 0 spiro atoms. The van der Waals surface area contributed by atoms with E-state index in [1.54, 1.807) is 14.2 Å². The van der Waals surface area contributed by atoms with Gasteiger partial charge in [0.05, 0.1) is 19.2 Å². The Labute approximate surface area is 156 Å². The molecule has 0 amide bonds. The lowest BCUT2D eigenvalue weighted by Gasteiger charge is -2.35. The number of nitrogens with one attached hydrogen (secondary N) is 1. The SMILES string of the molecule is CCC[C@H](c1ccc(OC)c(OC)c1Cl)N1CCNCC1.Cl.Cl. The van der Waals surface area contributed by atoms with Crippen LogP contribution in [0.5, 0.6) is 11.5 Å². The molecule has 1 heterocycles. The summed E-state index contributed by atoms with van der Waals surface area (Å²) in [5, 5.41) is 4.07. The largest absolute Gasteiger partial charge is 0.493 e. The molecule has 4 nitrogen and oxygen atoms in total. The molecule has 0 unspecified atom stereocenters. The van der Waals surface area contributed by atoms with E-state index in [2.05, 4.69) is 23.2 Å². The first kappa shape index (κ1) is 22.6. The topological polar surface area (TPSA) is 33.7 Å². The van der Waals surface area contributed by atoms with Gasteiger partial charge in [-0.2, -0.15) is 0 Å². The van der Waals surface area contributed by atoms with Crippen molar-refractivity contribution in [2.24, 2.45) is 0 Å². The molecule has 2 rings (SSSR count). The van der Waals surface area contributed by atoms with Crippen LogP contribution >= 0.6 is 36.4 Å². The Morgan fingerprint density at radius 3 is 2.35 bits per heavy atom. The fraction of sp³-hybridized carbons (Fsp3) is 0.625. The van der Waals surface area contributed by atoms with Gasteiger partial charge in [0.25, 0.3) is 0 Å². The van der Waals surface area contributed by atoms with Crippen molar-refractivity contribution in [3.8, 4) is 11.5 Å². The van der Waals surface area contributed by atoms with Crippen LogP contribution in [0.3, 0.4) is 0 Å². The summed E-state index contributed by atoms with van der Waals surface area (Å²) >= 11 is 6.60. The molecular formula is C16H27Cl3N2O2. The highest BCUT2D eigenvalue weighted by Crippen LogP contribution is 2.42. The standard InChI is InChI=1S/C16H25ClN2O2.2ClH/c1-4-5-13(19-10-8-18-9-11-19)12-6-7-14(20-2)16(21-3)15(12)17;;/h6-7,13,18H,4-5,8-11H2,1-3H3;2*1H/t13-;;/m1../s1. The summed E-state index contributed by atoms with van der Waals surface area (Å²) < 4.78 is 10.8. The lowest BCUT2D eigenvalue weighted by molar-refractivity contribution is 0.164. The normalized spacial score (nSPS) is 16.0. The Balaban J connectivity index is 0.00000242. The summed E-state index contributed by atoms with van der Waals surface area (Å²) in [7, 11) is 3.26. The summed E-state index contributed by atoms with van der Waals surface area (Å²) in [6.45, 7) is 6.38. The molecule has 7 heteroatoms. The van der Waals surface area contributed by atoms with Crippen LogP contribution in [-0.4, -0.2) is 45.3 Å². The van der Waals surface area contributed by atoms with E-state index >= 15 is 0 Å². The van der Waals surface area contributed by atoms with Crippen LogP contribution in [-0.2, 0) is 0 Å². The van der Waals surface area contributed by atoms with Crippen molar-refractivity contribution in [2.75, 3.05) is 40.4 Å². The molecule has 0 bridgehead atoms. The third-order valence-electron chi connectivity index (χ3n) is 4.03. The summed E-state index contributed by atoms with van der Waals surface area (Å²) in [5.74, 6) is 1.31. The third kappa shape index (κ3) is 5.30. The monoisotopic (exact) mass is 384 g/mol. The van der Waals surface area contributed by atoms with E-state index in [9.17, 15) is 0 Å². The quantitative estimate of drug-likeness (QED) is 0.804.